The Morgan fingerprint density at radius 3 is 2.19 bits per heavy atom. The highest BCUT2D eigenvalue weighted by molar-refractivity contribution is 7.88. The standard InChI is InChI=1S/C10H22N2O2S2/c1-8(11-9(2)15)10-4-6-12(7-5-10)16(3,13)14/h8-11,15H,4-7H2,1-3H3. The Labute approximate surface area is 104 Å². The first-order chi connectivity index (χ1) is 7.30. The van der Waals surface area contributed by atoms with E-state index in [2.05, 4.69) is 24.9 Å². The van der Waals surface area contributed by atoms with Gasteiger partial charge in [-0.1, -0.05) is 0 Å². The zero-order chi connectivity index (χ0) is 12.3. The topological polar surface area (TPSA) is 49.4 Å². The van der Waals surface area contributed by atoms with Crippen LogP contribution in [0, 0.1) is 5.92 Å². The Bertz CT molecular complexity index is 309. The molecule has 0 bridgehead atoms. The Morgan fingerprint density at radius 2 is 1.81 bits per heavy atom. The molecule has 0 saturated carbocycles. The van der Waals surface area contributed by atoms with Crippen LogP contribution in [0.5, 0.6) is 0 Å². The van der Waals surface area contributed by atoms with Gasteiger partial charge in [-0.05, 0) is 32.6 Å². The largest absolute Gasteiger partial charge is 0.303 e. The van der Waals surface area contributed by atoms with Crippen LogP contribution in [0.15, 0.2) is 0 Å². The normalized spacial score (nSPS) is 24.2. The van der Waals surface area contributed by atoms with Gasteiger partial charge >= 0.3 is 0 Å². The van der Waals surface area contributed by atoms with E-state index in [1.807, 2.05) is 6.92 Å². The van der Waals surface area contributed by atoms with E-state index in [-0.39, 0.29) is 5.37 Å². The molecular formula is C10H22N2O2S2. The lowest BCUT2D eigenvalue weighted by molar-refractivity contribution is 0.231. The molecule has 1 N–H and O–H groups in total. The average Bonchev–Trinajstić information content (AvgIpc) is 2.15. The third-order valence-electron chi connectivity index (χ3n) is 3.18. The van der Waals surface area contributed by atoms with Crippen LogP contribution >= 0.6 is 12.6 Å². The summed E-state index contributed by atoms with van der Waals surface area (Å²) in [7, 11) is -3.00. The molecule has 0 aromatic rings. The molecule has 1 fully saturated rings. The van der Waals surface area contributed by atoms with Crippen LogP contribution in [-0.2, 0) is 10.0 Å². The fourth-order valence-electron chi connectivity index (χ4n) is 2.22. The van der Waals surface area contributed by atoms with Gasteiger partial charge in [-0.2, -0.15) is 12.6 Å². The van der Waals surface area contributed by atoms with Crippen molar-refractivity contribution < 1.29 is 8.42 Å². The number of hydrogen-bond acceptors (Lipinski definition) is 4. The summed E-state index contributed by atoms with van der Waals surface area (Å²) in [6.07, 6.45) is 3.15. The third kappa shape index (κ3) is 4.24. The van der Waals surface area contributed by atoms with Gasteiger partial charge in [0.1, 0.15) is 0 Å². The molecule has 0 radical (unpaired) electrons. The van der Waals surface area contributed by atoms with Gasteiger partial charge in [0.25, 0.3) is 0 Å². The second-order valence-corrected chi connectivity index (χ2v) is 7.39. The summed E-state index contributed by atoms with van der Waals surface area (Å²) in [6.45, 7) is 5.45. The molecule has 0 amide bonds. The van der Waals surface area contributed by atoms with Crippen LogP contribution in [0.4, 0.5) is 0 Å². The minimum atomic E-state index is -3.00. The summed E-state index contributed by atoms with van der Waals surface area (Å²) in [5.41, 5.74) is 0. The third-order valence-corrected chi connectivity index (χ3v) is 4.63. The second-order valence-electron chi connectivity index (χ2n) is 4.63. The molecule has 0 aliphatic carbocycles. The molecule has 1 aliphatic rings. The minimum absolute atomic E-state index is 0.183. The zero-order valence-corrected chi connectivity index (χ0v) is 11.9. The molecule has 16 heavy (non-hydrogen) atoms. The molecule has 6 heteroatoms. The van der Waals surface area contributed by atoms with Crippen LogP contribution in [0.25, 0.3) is 0 Å². The number of hydrogen-bond donors (Lipinski definition) is 2. The first-order valence-corrected chi connectivity index (χ1v) is 8.06. The monoisotopic (exact) mass is 266 g/mol. The predicted octanol–water partition coefficient (Wildman–Crippen LogP) is 0.912. The van der Waals surface area contributed by atoms with Crippen molar-refractivity contribution in [1.29, 1.82) is 0 Å². The van der Waals surface area contributed by atoms with Gasteiger partial charge in [-0.3, -0.25) is 0 Å². The maximum absolute atomic E-state index is 11.3. The van der Waals surface area contributed by atoms with Crippen molar-refractivity contribution in [2.75, 3.05) is 19.3 Å². The van der Waals surface area contributed by atoms with Crippen LogP contribution in [-0.4, -0.2) is 43.5 Å². The number of nitrogens with zero attached hydrogens (tertiary/aromatic N) is 1. The van der Waals surface area contributed by atoms with E-state index in [0.717, 1.165) is 12.8 Å². The molecular weight excluding hydrogens is 244 g/mol. The molecule has 1 saturated heterocycles. The molecule has 4 nitrogen and oxygen atoms in total. The van der Waals surface area contributed by atoms with Gasteiger partial charge in [0.05, 0.1) is 6.26 Å². The van der Waals surface area contributed by atoms with Crippen LogP contribution < -0.4 is 5.32 Å². The summed E-state index contributed by atoms with van der Waals surface area (Å²) in [4.78, 5) is 0. The van der Waals surface area contributed by atoms with E-state index in [0.29, 0.717) is 25.0 Å². The van der Waals surface area contributed by atoms with E-state index in [4.69, 9.17) is 0 Å². The second kappa shape index (κ2) is 5.71. The van der Waals surface area contributed by atoms with Gasteiger partial charge < -0.3 is 5.32 Å². The van der Waals surface area contributed by atoms with Gasteiger partial charge in [0, 0.05) is 24.5 Å². The van der Waals surface area contributed by atoms with E-state index >= 15 is 0 Å². The number of sulfonamides is 1. The molecule has 0 spiro atoms. The Hall–Kier alpha value is 0.220. The Kier molecular flexibility index (Phi) is 5.10. The number of nitrogens with one attached hydrogen (secondary N) is 1. The zero-order valence-electron chi connectivity index (χ0n) is 10.2. The maximum atomic E-state index is 11.3. The Morgan fingerprint density at radius 1 is 1.31 bits per heavy atom. The summed E-state index contributed by atoms with van der Waals surface area (Å²) in [5, 5.41) is 3.55. The lowest BCUT2D eigenvalue weighted by Gasteiger charge is -2.34. The van der Waals surface area contributed by atoms with Gasteiger partial charge in [0.15, 0.2) is 0 Å². The van der Waals surface area contributed by atoms with Crippen molar-refractivity contribution in [2.45, 2.75) is 38.1 Å². The highest BCUT2D eigenvalue weighted by Gasteiger charge is 2.27. The summed E-state index contributed by atoms with van der Waals surface area (Å²) in [5.74, 6) is 0.549. The van der Waals surface area contributed by atoms with Gasteiger partial charge in [-0.25, -0.2) is 12.7 Å². The maximum Gasteiger partial charge on any atom is 0.211 e. The van der Waals surface area contributed by atoms with Crippen molar-refractivity contribution in [2.24, 2.45) is 5.92 Å². The predicted molar refractivity (Wildman–Crippen MR) is 70.2 cm³/mol. The highest BCUT2D eigenvalue weighted by Crippen LogP contribution is 2.22. The fourth-order valence-corrected chi connectivity index (χ4v) is 3.33. The lowest BCUT2D eigenvalue weighted by Crippen LogP contribution is -2.44. The van der Waals surface area contributed by atoms with Crippen molar-refractivity contribution in [1.82, 2.24) is 9.62 Å². The number of thiol groups is 1. The number of piperidine rings is 1. The van der Waals surface area contributed by atoms with E-state index in [1.54, 1.807) is 4.31 Å². The minimum Gasteiger partial charge on any atom is -0.303 e. The molecule has 2 unspecified atom stereocenters. The molecule has 2 atom stereocenters. The van der Waals surface area contributed by atoms with Gasteiger partial charge in [0.2, 0.25) is 10.0 Å². The van der Waals surface area contributed by atoms with Gasteiger partial charge in [-0.15, -0.1) is 0 Å². The summed E-state index contributed by atoms with van der Waals surface area (Å²) in [6, 6.07) is 0.397. The SMILES string of the molecule is CC(S)NC(C)C1CCN(S(C)(=O)=O)CC1. The van der Waals surface area contributed by atoms with E-state index in [9.17, 15) is 8.42 Å². The smallest absolute Gasteiger partial charge is 0.211 e. The van der Waals surface area contributed by atoms with Crippen molar-refractivity contribution in [3.8, 4) is 0 Å². The molecule has 0 aromatic carbocycles. The average molecular weight is 266 g/mol. The Balaban J connectivity index is 2.43. The van der Waals surface area contributed by atoms with Crippen molar-refractivity contribution >= 4 is 22.7 Å². The summed E-state index contributed by atoms with van der Waals surface area (Å²) < 4.78 is 24.2. The molecule has 0 aromatic heterocycles. The molecule has 1 heterocycles. The highest BCUT2D eigenvalue weighted by atomic mass is 32.2. The molecule has 1 rings (SSSR count). The number of rotatable bonds is 4. The van der Waals surface area contributed by atoms with Crippen LogP contribution in [0.3, 0.4) is 0 Å². The fraction of sp³-hybridized carbons (Fsp3) is 1.00. The quantitative estimate of drug-likeness (QED) is 0.587. The van der Waals surface area contributed by atoms with Crippen LogP contribution in [0.1, 0.15) is 26.7 Å². The van der Waals surface area contributed by atoms with Crippen molar-refractivity contribution in [3.05, 3.63) is 0 Å². The molecule has 96 valence electrons. The first-order valence-electron chi connectivity index (χ1n) is 5.70. The van der Waals surface area contributed by atoms with E-state index < -0.39 is 10.0 Å². The van der Waals surface area contributed by atoms with Crippen LogP contribution in [0.2, 0.25) is 0 Å². The summed E-state index contributed by atoms with van der Waals surface area (Å²) >= 11 is 4.30. The van der Waals surface area contributed by atoms with Crippen molar-refractivity contribution in [3.63, 3.8) is 0 Å². The first kappa shape index (κ1) is 14.3. The molecule has 1 aliphatic heterocycles. The lowest BCUT2D eigenvalue weighted by atomic mass is 9.91. The van der Waals surface area contributed by atoms with E-state index in [1.165, 1.54) is 6.26 Å².